The molecule has 0 saturated heterocycles. The Bertz CT molecular complexity index is 954. The summed E-state index contributed by atoms with van der Waals surface area (Å²) in [6.45, 7) is 5.43. The lowest BCUT2D eigenvalue weighted by Crippen LogP contribution is -2.36. The molecule has 0 saturated carbocycles. The maximum absolute atomic E-state index is 12.3. The van der Waals surface area contributed by atoms with Gasteiger partial charge in [-0.15, -0.1) is 5.10 Å². The topological polar surface area (TPSA) is 89.3 Å². The summed E-state index contributed by atoms with van der Waals surface area (Å²) >= 11 is 3.42. The fourth-order valence-electron chi connectivity index (χ4n) is 2.62. The maximum atomic E-state index is 12.3. The summed E-state index contributed by atoms with van der Waals surface area (Å²) in [6.07, 6.45) is -0.0587. The minimum atomic E-state index is -0.608. The molecule has 0 fully saturated rings. The average Bonchev–Trinajstić information content (AvgIpc) is 3.09. The summed E-state index contributed by atoms with van der Waals surface area (Å²) in [7, 11) is 0. The number of halogens is 1. The molecule has 152 valence electrons. The summed E-state index contributed by atoms with van der Waals surface area (Å²) in [5.74, 6) is 0.289. The van der Waals surface area contributed by atoms with Gasteiger partial charge in [0.15, 0.2) is 0 Å². The molecular weight excluding hydrogens is 436 g/mol. The Hall–Kier alpha value is -2.87. The van der Waals surface area contributed by atoms with Gasteiger partial charge in [0.1, 0.15) is 11.6 Å². The van der Waals surface area contributed by atoms with E-state index < -0.39 is 17.7 Å². The van der Waals surface area contributed by atoms with Gasteiger partial charge in [0, 0.05) is 16.6 Å². The monoisotopic (exact) mass is 458 g/mol. The van der Waals surface area contributed by atoms with Crippen LogP contribution in [0.1, 0.15) is 38.3 Å². The van der Waals surface area contributed by atoms with E-state index in [0.29, 0.717) is 6.42 Å². The van der Waals surface area contributed by atoms with Crippen molar-refractivity contribution in [3.63, 3.8) is 0 Å². The summed E-state index contributed by atoms with van der Waals surface area (Å²) in [5.41, 5.74) is 1.21. The average molecular weight is 459 g/mol. The summed E-state index contributed by atoms with van der Waals surface area (Å²) in [4.78, 5) is 12.3. The van der Waals surface area contributed by atoms with Crippen molar-refractivity contribution in [2.24, 2.45) is 0 Å². The van der Waals surface area contributed by atoms with Crippen LogP contribution in [0.3, 0.4) is 0 Å². The number of aromatic nitrogens is 2. The SMILES string of the molecule is CC(C)(C)OC(=O)N[C@@H](Cc1ccccc1)c1nnc(Nc2cccc(Br)c2)o1. The summed E-state index contributed by atoms with van der Waals surface area (Å²) < 4.78 is 12.1. The number of nitrogens with one attached hydrogen (secondary N) is 2. The van der Waals surface area contributed by atoms with Gasteiger partial charge in [0.25, 0.3) is 0 Å². The van der Waals surface area contributed by atoms with E-state index in [1.807, 2.05) is 75.4 Å². The zero-order chi connectivity index (χ0) is 20.9. The van der Waals surface area contributed by atoms with E-state index in [4.69, 9.17) is 9.15 Å². The van der Waals surface area contributed by atoms with Gasteiger partial charge >= 0.3 is 12.1 Å². The van der Waals surface area contributed by atoms with Crippen LogP contribution in [-0.2, 0) is 11.2 Å². The van der Waals surface area contributed by atoms with Crippen molar-refractivity contribution < 1.29 is 13.9 Å². The smallest absolute Gasteiger partial charge is 0.408 e. The molecule has 0 aliphatic rings. The predicted molar refractivity (Wildman–Crippen MR) is 114 cm³/mol. The molecule has 8 heteroatoms. The number of hydrogen-bond donors (Lipinski definition) is 2. The molecule has 1 aromatic heterocycles. The van der Waals surface area contributed by atoms with Crippen LogP contribution in [0.2, 0.25) is 0 Å². The van der Waals surface area contributed by atoms with Crippen molar-refractivity contribution in [3.05, 3.63) is 70.5 Å². The van der Waals surface area contributed by atoms with Crippen LogP contribution in [0.5, 0.6) is 0 Å². The second kappa shape index (κ2) is 9.09. The molecule has 0 bridgehead atoms. The molecule has 1 atom stereocenters. The molecule has 0 radical (unpaired) electrons. The molecule has 1 heterocycles. The highest BCUT2D eigenvalue weighted by Gasteiger charge is 2.25. The Morgan fingerprint density at radius 3 is 2.59 bits per heavy atom. The fraction of sp³-hybridized carbons (Fsp3) is 0.286. The number of carbonyl (C=O) groups excluding carboxylic acids is 1. The van der Waals surface area contributed by atoms with Crippen molar-refractivity contribution in [2.45, 2.75) is 38.8 Å². The molecular formula is C21H23BrN4O3. The van der Waals surface area contributed by atoms with Crippen LogP contribution < -0.4 is 10.6 Å². The largest absolute Gasteiger partial charge is 0.444 e. The van der Waals surface area contributed by atoms with Gasteiger partial charge in [-0.2, -0.15) is 0 Å². The number of rotatable bonds is 6. The van der Waals surface area contributed by atoms with E-state index in [2.05, 4.69) is 36.8 Å². The lowest BCUT2D eigenvalue weighted by molar-refractivity contribution is 0.0495. The molecule has 0 aliphatic heterocycles. The Kier molecular flexibility index (Phi) is 6.53. The van der Waals surface area contributed by atoms with Gasteiger partial charge in [-0.3, -0.25) is 0 Å². The molecule has 29 heavy (non-hydrogen) atoms. The first-order valence-electron chi connectivity index (χ1n) is 9.18. The van der Waals surface area contributed by atoms with Crippen molar-refractivity contribution in [3.8, 4) is 0 Å². The Balaban J connectivity index is 1.78. The summed E-state index contributed by atoms with van der Waals surface area (Å²) in [5, 5.41) is 14.1. The van der Waals surface area contributed by atoms with Crippen molar-refractivity contribution in [1.29, 1.82) is 0 Å². The van der Waals surface area contributed by atoms with E-state index in [0.717, 1.165) is 15.7 Å². The number of anilines is 2. The first-order chi connectivity index (χ1) is 13.8. The molecule has 0 unspecified atom stereocenters. The highest BCUT2D eigenvalue weighted by atomic mass is 79.9. The fourth-order valence-corrected chi connectivity index (χ4v) is 3.01. The normalized spacial score (nSPS) is 12.3. The molecule has 3 aromatic rings. The second-order valence-electron chi connectivity index (χ2n) is 7.47. The predicted octanol–water partition coefficient (Wildman–Crippen LogP) is 5.38. The van der Waals surface area contributed by atoms with E-state index in [-0.39, 0.29) is 11.9 Å². The number of carbonyl (C=O) groups is 1. The van der Waals surface area contributed by atoms with Crippen LogP contribution in [0.4, 0.5) is 16.5 Å². The zero-order valence-corrected chi connectivity index (χ0v) is 18.1. The third-order valence-electron chi connectivity index (χ3n) is 3.79. The van der Waals surface area contributed by atoms with Gasteiger partial charge < -0.3 is 19.8 Å². The third-order valence-corrected chi connectivity index (χ3v) is 4.28. The first kappa shape index (κ1) is 20.9. The lowest BCUT2D eigenvalue weighted by Gasteiger charge is -2.22. The van der Waals surface area contributed by atoms with Crippen LogP contribution in [0, 0.1) is 0 Å². The second-order valence-corrected chi connectivity index (χ2v) is 8.39. The molecule has 7 nitrogen and oxygen atoms in total. The minimum Gasteiger partial charge on any atom is -0.444 e. The number of benzene rings is 2. The Labute approximate surface area is 178 Å². The number of alkyl carbamates (subject to hydrolysis) is 1. The standard InChI is InChI=1S/C21H23BrN4O3/c1-21(2,3)29-20(27)24-17(12-14-8-5-4-6-9-14)18-25-26-19(28-18)23-16-11-7-10-15(22)13-16/h4-11,13,17H,12H2,1-3H3,(H,23,26)(H,24,27)/t17-/m0/s1. The summed E-state index contributed by atoms with van der Waals surface area (Å²) in [6, 6.07) is 17.1. The lowest BCUT2D eigenvalue weighted by atomic mass is 10.1. The van der Waals surface area contributed by atoms with Crippen LogP contribution >= 0.6 is 15.9 Å². The van der Waals surface area contributed by atoms with Crippen LogP contribution in [-0.4, -0.2) is 21.9 Å². The number of hydrogen-bond acceptors (Lipinski definition) is 6. The zero-order valence-electron chi connectivity index (χ0n) is 16.5. The molecule has 2 N–H and O–H groups in total. The van der Waals surface area contributed by atoms with Gasteiger partial charge in [0.2, 0.25) is 5.89 Å². The number of ether oxygens (including phenoxy) is 1. The van der Waals surface area contributed by atoms with Gasteiger partial charge in [-0.1, -0.05) is 57.4 Å². The number of nitrogens with zero attached hydrogens (tertiary/aromatic N) is 2. The Morgan fingerprint density at radius 2 is 1.90 bits per heavy atom. The van der Waals surface area contributed by atoms with Gasteiger partial charge in [-0.05, 0) is 44.5 Å². The number of amides is 1. The van der Waals surface area contributed by atoms with E-state index in [9.17, 15) is 4.79 Å². The van der Waals surface area contributed by atoms with Crippen LogP contribution in [0.25, 0.3) is 0 Å². The highest BCUT2D eigenvalue weighted by Crippen LogP contribution is 2.23. The highest BCUT2D eigenvalue weighted by molar-refractivity contribution is 9.10. The quantitative estimate of drug-likeness (QED) is 0.514. The van der Waals surface area contributed by atoms with Crippen molar-refractivity contribution in [1.82, 2.24) is 15.5 Å². The van der Waals surface area contributed by atoms with Gasteiger partial charge in [0.05, 0.1) is 0 Å². The Morgan fingerprint density at radius 1 is 1.14 bits per heavy atom. The molecule has 0 aliphatic carbocycles. The maximum Gasteiger partial charge on any atom is 0.408 e. The minimum absolute atomic E-state index is 0.238. The molecule has 3 rings (SSSR count). The molecule has 1 amide bonds. The van der Waals surface area contributed by atoms with E-state index in [1.165, 1.54) is 0 Å². The first-order valence-corrected chi connectivity index (χ1v) is 9.97. The van der Waals surface area contributed by atoms with E-state index in [1.54, 1.807) is 0 Å². The van der Waals surface area contributed by atoms with Gasteiger partial charge in [-0.25, -0.2) is 4.79 Å². The third kappa shape index (κ3) is 6.60. The van der Waals surface area contributed by atoms with Crippen molar-refractivity contribution in [2.75, 3.05) is 5.32 Å². The molecule has 0 spiro atoms. The molecule has 2 aromatic carbocycles. The van der Waals surface area contributed by atoms with Crippen molar-refractivity contribution >= 4 is 33.7 Å². The van der Waals surface area contributed by atoms with E-state index >= 15 is 0 Å². The van der Waals surface area contributed by atoms with Crippen LogP contribution in [0.15, 0.2) is 63.5 Å².